The van der Waals surface area contributed by atoms with E-state index < -0.39 is 25.2 Å². The summed E-state index contributed by atoms with van der Waals surface area (Å²) in [4.78, 5) is 7.97. The summed E-state index contributed by atoms with van der Waals surface area (Å²) >= 11 is 0. The third-order valence-corrected chi connectivity index (χ3v) is 8.35. The van der Waals surface area contributed by atoms with Gasteiger partial charge in [-0.15, -0.1) is 10.2 Å². The molecule has 3 heterocycles. The van der Waals surface area contributed by atoms with Crippen molar-refractivity contribution in [1.82, 2.24) is 35.2 Å². The summed E-state index contributed by atoms with van der Waals surface area (Å²) in [5, 5.41) is 30.9. The van der Waals surface area contributed by atoms with E-state index in [0.717, 1.165) is 0 Å². The van der Waals surface area contributed by atoms with Crippen molar-refractivity contribution in [2.24, 2.45) is 7.05 Å². The lowest BCUT2D eigenvalue weighted by molar-refractivity contribution is -0.137. The van der Waals surface area contributed by atoms with Crippen LogP contribution in [0.25, 0.3) is 22.2 Å². The molecule has 0 bridgehead atoms. The van der Waals surface area contributed by atoms with E-state index >= 15 is 0 Å². The Labute approximate surface area is 243 Å². The van der Waals surface area contributed by atoms with Crippen LogP contribution >= 0.6 is 7.60 Å². The van der Waals surface area contributed by atoms with E-state index in [4.69, 9.17) is 9.05 Å². The molecule has 0 fully saturated rings. The van der Waals surface area contributed by atoms with Crippen molar-refractivity contribution in [3.8, 4) is 17.3 Å². The molecule has 43 heavy (non-hydrogen) atoms. The number of aromatic nitrogens is 7. The van der Waals surface area contributed by atoms with Gasteiger partial charge in [0.15, 0.2) is 0 Å². The molecule has 0 aliphatic carbocycles. The number of fused-ring (bicyclic) bond motifs is 1. The molecule has 0 amide bonds. The van der Waals surface area contributed by atoms with Crippen LogP contribution in [0.15, 0.2) is 48.8 Å². The Morgan fingerprint density at radius 3 is 2.42 bits per heavy atom. The minimum Gasteiger partial charge on any atom is -0.494 e. The number of tetrazole rings is 1. The Balaban J connectivity index is 1.45. The summed E-state index contributed by atoms with van der Waals surface area (Å²) in [6.45, 7) is 3.92. The third kappa shape index (κ3) is 6.45. The van der Waals surface area contributed by atoms with Gasteiger partial charge in [-0.25, -0.2) is 4.98 Å². The molecule has 4 N–H and O–H groups in total. The molecule has 0 aliphatic heterocycles. The van der Waals surface area contributed by atoms with Crippen molar-refractivity contribution < 1.29 is 31.9 Å². The smallest absolute Gasteiger partial charge is 0.421 e. The molecule has 0 unspecified atom stereocenters. The summed E-state index contributed by atoms with van der Waals surface area (Å²) < 4.78 is 66.9. The molecule has 226 valence electrons. The number of benzene rings is 2. The number of anilines is 4. The van der Waals surface area contributed by atoms with E-state index in [1.165, 1.54) is 10.6 Å². The predicted molar refractivity (Wildman–Crippen MR) is 152 cm³/mol. The quantitative estimate of drug-likeness (QED) is 0.126. The molecule has 5 aromatic rings. The first-order chi connectivity index (χ1) is 20.5. The Bertz CT molecular complexity index is 1770. The fraction of sp³-hybridized carbons (Fsp3) is 0.269. The Morgan fingerprint density at radius 2 is 1.79 bits per heavy atom. The molecule has 0 saturated heterocycles. The number of aromatic hydroxyl groups is 1. The number of aromatic amines is 1. The average Bonchev–Trinajstić information content (AvgIpc) is 3.58. The highest BCUT2D eigenvalue weighted by Crippen LogP contribution is 2.51. The number of aryl methyl sites for hydroxylation is 1. The summed E-state index contributed by atoms with van der Waals surface area (Å²) in [6.07, 6.45) is -2.45. The zero-order valence-electron chi connectivity index (χ0n) is 23.2. The van der Waals surface area contributed by atoms with Crippen LogP contribution in [-0.2, 0) is 33.0 Å². The van der Waals surface area contributed by atoms with Gasteiger partial charge in [0.05, 0.1) is 30.4 Å². The molecule has 3 aromatic heterocycles. The van der Waals surface area contributed by atoms with Gasteiger partial charge in [0.2, 0.25) is 17.7 Å². The van der Waals surface area contributed by atoms with Crippen molar-refractivity contribution in [3.63, 3.8) is 0 Å². The number of nitrogens with zero attached hydrogens (tertiary/aromatic N) is 6. The maximum Gasteiger partial charge on any atom is 0.421 e. The van der Waals surface area contributed by atoms with Crippen LogP contribution in [0.4, 0.5) is 36.3 Å². The number of alkyl halides is 3. The van der Waals surface area contributed by atoms with Crippen LogP contribution in [-0.4, -0.2) is 53.5 Å². The summed E-state index contributed by atoms with van der Waals surface area (Å²) in [7, 11) is -1.72. The van der Waals surface area contributed by atoms with Crippen molar-refractivity contribution in [2.75, 3.05) is 23.8 Å². The largest absolute Gasteiger partial charge is 0.494 e. The first kappa shape index (κ1) is 29.9. The number of hydrogen-bond donors (Lipinski definition) is 4. The van der Waals surface area contributed by atoms with Gasteiger partial charge in [0, 0.05) is 36.1 Å². The number of halogens is 3. The highest BCUT2D eigenvalue weighted by molar-refractivity contribution is 7.53. The van der Waals surface area contributed by atoms with Crippen molar-refractivity contribution >= 4 is 41.5 Å². The molecular weight excluding hydrogens is 590 g/mol. The summed E-state index contributed by atoms with van der Waals surface area (Å²) in [6, 6.07) is 9.76. The monoisotopic (exact) mass is 617 g/mol. The maximum atomic E-state index is 14.0. The highest BCUT2D eigenvalue weighted by atomic mass is 31.2. The van der Waals surface area contributed by atoms with E-state index in [9.17, 15) is 22.8 Å². The minimum atomic E-state index is -4.78. The van der Waals surface area contributed by atoms with Gasteiger partial charge in [-0.2, -0.15) is 23.4 Å². The van der Waals surface area contributed by atoms with Gasteiger partial charge in [-0.1, -0.05) is 12.1 Å². The lowest BCUT2D eigenvalue weighted by Crippen LogP contribution is -2.12. The van der Waals surface area contributed by atoms with Crippen LogP contribution < -0.4 is 10.6 Å². The Hall–Kier alpha value is -4.53. The fourth-order valence-corrected chi connectivity index (χ4v) is 6.14. The van der Waals surface area contributed by atoms with Gasteiger partial charge in [-0.3, -0.25) is 4.57 Å². The number of H-pyrrole nitrogens is 1. The SMILES string of the molecule is CCOP(=O)(Cc1ccc(Nc2ncc(C(F)(F)F)c(Nc3ccc(-c4nn[nH]n4)c4cn(C)c(O)c34)n2)cc1)OCC. The lowest BCUT2D eigenvalue weighted by Gasteiger charge is -2.17. The van der Waals surface area contributed by atoms with Crippen LogP contribution in [0.3, 0.4) is 0 Å². The van der Waals surface area contributed by atoms with Gasteiger partial charge < -0.3 is 29.4 Å². The van der Waals surface area contributed by atoms with Crippen LogP contribution in [0, 0.1) is 0 Å². The lowest BCUT2D eigenvalue weighted by atomic mass is 10.1. The van der Waals surface area contributed by atoms with Crippen LogP contribution in [0.5, 0.6) is 5.88 Å². The second-order valence-corrected chi connectivity index (χ2v) is 11.3. The van der Waals surface area contributed by atoms with Gasteiger partial charge in [-0.05, 0) is 48.9 Å². The standard InChI is InChI=1S/C26H27F3N9O4P/c1-4-41-43(40,42-5-2)14-15-6-8-16(9-7-15)31-25-30-12-19(26(27,28)29)23(33-25)32-20-11-10-17(22-34-36-37-35-22)18-13-38(3)24(39)21(18)20/h6-13,39H,4-5,14H2,1-3H3,(H2,30,31,32,33)(H,34,35,36,37). The van der Waals surface area contributed by atoms with E-state index in [1.807, 2.05) is 0 Å². The molecule has 0 atom stereocenters. The first-order valence-electron chi connectivity index (χ1n) is 13.0. The predicted octanol–water partition coefficient (Wildman–Crippen LogP) is 6.13. The zero-order valence-corrected chi connectivity index (χ0v) is 24.1. The third-order valence-electron chi connectivity index (χ3n) is 6.30. The van der Waals surface area contributed by atoms with Crippen molar-refractivity contribution in [1.29, 1.82) is 0 Å². The van der Waals surface area contributed by atoms with Crippen LogP contribution in [0.1, 0.15) is 25.0 Å². The van der Waals surface area contributed by atoms with Gasteiger partial charge >= 0.3 is 13.8 Å². The summed E-state index contributed by atoms with van der Waals surface area (Å²) in [5.41, 5.74) is 0.718. The van der Waals surface area contributed by atoms with Gasteiger partial charge in [0.25, 0.3) is 0 Å². The Morgan fingerprint density at radius 1 is 1.07 bits per heavy atom. The molecule has 5 rings (SSSR count). The maximum absolute atomic E-state index is 14.0. The van der Waals surface area contributed by atoms with Gasteiger partial charge in [0.1, 0.15) is 11.4 Å². The van der Waals surface area contributed by atoms with Crippen LogP contribution in [0.2, 0.25) is 0 Å². The van der Waals surface area contributed by atoms with E-state index in [-0.39, 0.29) is 48.1 Å². The van der Waals surface area contributed by atoms with E-state index in [1.54, 1.807) is 57.4 Å². The first-order valence-corrected chi connectivity index (χ1v) is 14.7. The molecule has 0 spiro atoms. The fourth-order valence-electron chi connectivity index (χ4n) is 4.44. The summed E-state index contributed by atoms with van der Waals surface area (Å²) in [5.74, 6) is -0.597. The van der Waals surface area contributed by atoms with Crippen molar-refractivity contribution in [2.45, 2.75) is 26.2 Å². The number of rotatable bonds is 11. The van der Waals surface area contributed by atoms with E-state index in [0.29, 0.717) is 28.4 Å². The molecule has 17 heteroatoms. The second kappa shape index (κ2) is 12.0. The molecule has 13 nitrogen and oxygen atoms in total. The highest BCUT2D eigenvalue weighted by Gasteiger charge is 2.36. The molecule has 2 aromatic carbocycles. The van der Waals surface area contributed by atoms with E-state index in [2.05, 4.69) is 41.2 Å². The molecule has 0 aliphatic rings. The van der Waals surface area contributed by atoms with Crippen molar-refractivity contribution in [3.05, 3.63) is 59.9 Å². The Kier molecular flexibility index (Phi) is 8.35. The average molecular weight is 618 g/mol. The molecule has 0 saturated carbocycles. The number of hydrogen-bond acceptors (Lipinski definition) is 11. The second-order valence-electron chi connectivity index (χ2n) is 9.25. The topological polar surface area (TPSA) is 165 Å². The normalized spacial score (nSPS) is 12.1. The number of nitrogens with one attached hydrogen (secondary N) is 3. The molecular formula is C26H27F3N9O4P. The zero-order chi connectivity index (χ0) is 30.8. The molecule has 0 radical (unpaired) electrons. The minimum absolute atomic E-state index is 0.0616.